The summed E-state index contributed by atoms with van der Waals surface area (Å²) in [5, 5.41) is 25.0. The van der Waals surface area contributed by atoms with E-state index in [1.165, 1.54) is 55.7 Å². The minimum Gasteiger partial charge on any atom is -0.482 e. The highest BCUT2D eigenvalue weighted by atomic mass is 16.6. The molecule has 1 fully saturated rings. The molecule has 4 rings (SSSR count). The van der Waals surface area contributed by atoms with Gasteiger partial charge in [0.2, 0.25) is 5.76 Å². The van der Waals surface area contributed by atoms with E-state index in [-0.39, 0.29) is 47.4 Å². The Bertz CT molecular complexity index is 1490. The number of furan rings is 1. The van der Waals surface area contributed by atoms with Crippen LogP contribution >= 0.6 is 0 Å². The molecule has 3 aromatic rings. The Hall–Kier alpha value is -5.53. The Morgan fingerprint density at radius 3 is 2.58 bits per heavy atom. The molecule has 1 saturated heterocycles. The lowest BCUT2D eigenvalue weighted by Crippen LogP contribution is -2.30. The molecule has 1 aliphatic heterocycles. The Morgan fingerprint density at radius 1 is 1.08 bits per heavy atom. The lowest BCUT2D eigenvalue weighted by molar-refractivity contribution is -0.386. The van der Waals surface area contributed by atoms with Crippen LogP contribution in [0.15, 0.2) is 64.7 Å². The molecule has 0 aliphatic carbocycles. The van der Waals surface area contributed by atoms with E-state index in [1.807, 2.05) is 0 Å². The molecular weight excluding hydrogens is 504 g/mol. The molecule has 14 heteroatoms. The van der Waals surface area contributed by atoms with Crippen molar-refractivity contribution in [3.63, 3.8) is 0 Å². The summed E-state index contributed by atoms with van der Waals surface area (Å²) in [4.78, 5) is 58.8. The number of hydrogen-bond donors (Lipinski definition) is 1. The van der Waals surface area contributed by atoms with Crippen molar-refractivity contribution < 1.29 is 38.1 Å². The Morgan fingerprint density at radius 2 is 1.87 bits per heavy atom. The predicted octanol–water partition coefficient (Wildman–Crippen LogP) is 3.55. The number of nitro groups is 2. The van der Waals surface area contributed by atoms with Gasteiger partial charge in [0.1, 0.15) is 18.1 Å². The van der Waals surface area contributed by atoms with Crippen molar-refractivity contribution in [3.8, 4) is 5.75 Å². The molecule has 0 unspecified atom stereocenters. The van der Waals surface area contributed by atoms with Crippen molar-refractivity contribution in [2.24, 2.45) is 0 Å². The summed E-state index contributed by atoms with van der Waals surface area (Å²) in [5.74, 6) is -1.44. The number of non-ortho nitro benzene ring substituents is 1. The normalized spacial score (nSPS) is 13.9. The van der Waals surface area contributed by atoms with Crippen LogP contribution in [0.5, 0.6) is 5.75 Å². The molecule has 194 valence electrons. The number of carbonyl (C=O) groups excluding carboxylic acids is 3. The lowest BCUT2D eigenvalue weighted by atomic mass is 10.1. The molecule has 14 nitrogen and oxygen atoms in total. The minimum absolute atomic E-state index is 0.0914. The van der Waals surface area contributed by atoms with Crippen molar-refractivity contribution >= 4 is 35.4 Å². The van der Waals surface area contributed by atoms with Gasteiger partial charge in [-0.1, -0.05) is 18.2 Å². The Balaban J connectivity index is 1.50. The molecule has 38 heavy (non-hydrogen) atoms. The van der Waals surface area contributed by atoms with Crippen LogP contribution in [0.2, 0.25) is 0 Å². The maximum absolute atomic E-state index is 12.8. The number of nitrogens with one attached hydrogen (secondary N) is 1. The van der Waals surface area contributed by atoms with E-state index in [0.717, 1.165) is 11.0 Å². The maximum atomic E-state index is 12.8. The predicted molar refractivity (Wildman–Crippen MR) is 128 cm³/mol. The monoisotopic (exact) mass is 522 g/mol. The number of amides is 3. The Labute approximate surface area is 213 Å². The second-order valence-corrected chi connectivity index (χ2v) is 7.84. The van der Waals surface area contributed by atoms with Gasteiger partial charge < -0.3 is 19.2 Å². The highest BCUT2D eigenvalue weighted by molar-refractivity contribution is 6.13. The first kappa shape index (κ1) is 25.6. The molecular formula is C24H18N4O10. The largest absolute Gasteiger partial charge is 0.482 e. The summed E-state index contributed by atoms with van der Waals surface area (Å²) in [6.07, 6.45) is 1.26. The van der Waals surface area contributed by atoms with Gasteiger partial charge >= 0.3 is 17.7 Å². The lowest BCUT2D eigenvalue weighted by Gasteiger charge is -2.09. The third kappa shape index (κ3) is 5.48. The number of carbonyl (C=O) groups is 3. The van der Waals surface area contributed by atoms with Gasteiger partial charge in [0, 0.05) is 18.2 Å². The zero-order chi connectivity index (χ0) is 27.4. The number of nitrogens with zero attached hydrogens (tertiary/aromatic N) is 3. The zero-order valence-electron chi connectivity index (χ0n) is 19.6. The summed E-state index contributed by atoms with van der Waals surface area (Å²) in [5.41, 5.74) is -0.0142. The highest BCUT2D eigenvalue weighted by Crippen LogP contribution is 2.30. The van der Waals surface area contributed by atoms with Gasteiger partial charge in [-0.05, 0) is 35.4 Å². The van der Waals surface area contributed by atoms with Gasteiger partial charge in [-0.2, -0.15) is 0 Å². The molecule has 2 aromatic carbocycles. The molecule has 0 saturated carbocycles. The van der Waals surface area contributed by atoms with Crippen LogP contribution in [-0.4, -0.2) is 39.8 Å². The van der Waals surface area contributed by atoms with E-state index < -0.39 is 33.4 Å². The minimum atomic E-state index is -0.747. The zero-order valence-corrected chi connectivity index (χ0v) is 19.6. The fourth-order valence-electron chi connectivity index (χ4n) is 3.52. The molecule has 0 atom stereocenters. The van der Waals surface area contributed by atoms with E-state index in [0.29, 0.717) is 5.56 Å². The van der Waals surface area contributed by atoms with Gasteiger partial charge in [0.25, 0.3) is 11.6 Å². The number of nitro benzene ring substituents is 2. The number of imide groups is 1. The van der Waals surface area contributed by atoms with Crippen molar-refractivity contribution in [1.29, 1.82) is 0 Å². The second kappa shape index (κ2) is 10.6. The van der Waals surface area contributed by atoms with Crippen molar-refractivity contribution in [1.82, 2.24) is 10.2 Å². The van der Waals surface area contributed by atoms with E-state index >= 15 is 0 Å². The number of ether oxygens (including phenoxy) is 2. The molecule has 0 spiro atoms. The van der Waals surface area contributed by atoms with Crippen LogP contribution in [0.3, 0.4) is 0 Å². The summed E-state index contributed by atoms with van der Waals surface area (Å²) in [6, 6.07) is 11.6. The molecule has 1 N–H and O–H groups in total. The molecule has 2 heterocycles. The van der Waals surface area contributed by atoms with Gasteiger partial charge in [-0.15, -0.1) is 0 Å². The number of rotatable bonds is 9. The van der Waals surface area contributed by atoms with Crippen LogP contribution in [0.25, 0.3) is 6.08 Å². The van der Waals surface area contributed by atoms with E-state index in [9.17, 15) is 34.6 Å². The van der Waals surface area contributed by atoms with E-state index in [2.05, 4.69) is 10.1 Å². The van der Waals surface area contributed by atoms with Crippen molar-refractivity contribution in [2.75, 3.05) is 7.11 Å². The first-order valence-corrected chi connectivity index (χ1v) is 10.8. The highest BCUT2D eigenvalue weighted by Gasteiger charge is 2.34. The smallest absolute Gasteiger partial charge is 0.373 e. The van der Waals surface area contributed by atoms with Gasteiger partial charge in [-0.25, -0.2) is 9.59 Å². The first-order chi connectivity index (χ1) is 18.2. The molecule has 1 aromatic heterocycles. The number of benzene rings is 2. The van der Waals surface area contributed by atoms with Crippen molar-refractivity contribution in [2.45, 2.75) is 13.2 Å². The Kier molecular flexibility index (Phi) is 7.14. The number of esters is 1. The van der Waals surface area contributed by atoms with Gasteiger partial charge in [-0.3, -0.25) is 29.9 Å². The molecule has 1 aliphatic rings. The van der Waals surface area contributed by atoms with E-state index in [4.69, 9.17) is 9.15 Å². The molecule has 0 radical (unpaired) electrons. The fraction of sp³-hybridized carbons (Fsp3) is 0.125. The summed E-state index contributed by atoms with van der Waals surface area (Å²) in [7, 11) is 1.18. The third-order valence-electron chi connectivity index (χ3n) is 5.33. The number of urea groups is 1. The van der Waals surface area contributed by atoms with Crippen molar-refractivity contribution in [3.05, 3.63) is 103 Å². The quantitative estimate of drug-likeness (QED) is 0.143. The third-order valence-corrected chi connectivity index (χ3v) is 5.33. The average molecular weight is 522 g/mol. The average Bonchev–Trinajstić information content (AvgIpc) is 3.47. The summed E-state index contributed by atoms with van der Waals surface area (Å²) >= 11 is 0. The summed E-state index contributed by atoms with van der Waals surface area (Å²) < 4.78 is 15.4. The van der Waals surface area contributed by atoms with Gasteiger partial charge in [0.05, 0.1) is 23.5 Å². The van der Waals surface area contributed by atoms with Gasteiger partial charge in [0.15, 0.2) is 5.75 Å². The molecule has 0 bridgehead atoms. The fourth-order valence-corrected chi connectivity index (χ4v) is 3.52. The number of methoxy groups -OCH3 is 1. The second-order valence-electron chi connectivity index (χ2n) is 7.84. The topological polar surface area (TPSA) is 184 Å². The van der Waals surface area contributed by atoms with Crippen LogP contribution in [0, 0.1) is 20.2 Å². The SMILES string of the molecule is COC(=O)c1ccc(CN2C(=O)N/C(=C\c3ccc(OCc4cccc([N+](=O)[O-])c4)c([N+](=O)[O-])c3)C2=O)o1. The van der Waals surface area contributed by atoms with E-state index in [1.54, 1.807) is 6.07 Å². The van der Waals surface area contributed by atoms with Crippen LogP contribution in [0.4, 0.5) is 16.2 Å². The number of hydrogen-bond acceptors (Lipinski definition) is 10. The summed E-state index contributed by atoms with van der Waals surface area (Å²) in [6.45, 7) is -0.416. The standard InChI is InChI=1S/C24H18N4O10/c1-36-23(30)21-8-6-17(38-21)12-26-22(29)18(25-24(26)31)10-14-5-7-20(19(11-14)28(34)35)37-13-15-3-2-4-16(9-15)27(32)33/h2-11H,12-13H2,1H3,(H,25,31)/b18-10-. The van der Waals surface area contributed by atoms with Crippen LogP contribution < -0.4 is 10.1 Å². The van der Waals surface area contributed by atoms with Crippen LogP contribution in [-0.2, 0) is 22.7 Å². The first-order valence-electron chi connectivity index (χ1n) is 10.8. The van der Waals surface area contributed by atoms with Crippen LogP contribution in [0.1, 0.15) is 27.4 Å². The maximum Gasteiger partial charge on any atom is 0.373 e. The molecule has 3 amide bonds.